The normalized spacial score (nSPS) is 10.4. The number of rotatable bonds is 3. The first-order chi connectivity index (χ1) is 6.75. The SMILES string of the molecule is O=C(Cc1ccc(Br)s1)c1ccsc1. The van der Waals surface area contributed by atoms with Crippen LogP contribution in [-0.2, 0) is 6.42 Å². The zero-order chi connectivity index (χ0) is 9.97. The van der Waals surface area contributed by atoms with Gasteiger partial charge in [0.05, 0.1) is 3.79 Å². The van der Waals surface area contributed by atoms with Gasteiger partial charge in [-0.05, 0) is 39.5 Å². The van der Waals surface area contributed by atoms with Crippen LogP contribution < -0.4 is 0 Å². The average molecular weight is 287 g/mol. The summed E-state index contributed by atoms with van der Waals surface area (Å²) < 4.78 is 1.07. The molecule has 72 valence electrons. The van der Waals surface area contributed by atoms with Gasteiger partial charge in [-0.25, -0.2) is 0 Å². The first-order valence-electron chi connectivity index (χ1n) is 4.05. The third kappa shape index (κ3) is 2.32. The lowest BCUT2D eigenvalue weighted by Gasteiger charge is -1.93. The summed E-state index contributed by atoms with van der Waals surface area (Å²) in [5.74, 6) is 0.195. The summed E-state index contributed by atoms with van der Waals surface area (Å²) >= 11 is 6.55. The molecule has 0 aliphatic heterocycles. The zero-order valence-corrected chi connectivity index (χ0v) is 10.4. The second-order valence-corrected chi connectivity index (χ2v) is 6.15. The van der Waals surface area contributed by atoms with Crippen molar-refractivity contribution < 1.29 is 4.79 Å². The summed E-state index contributed by atoms with van der Waals surface area (Å²) in [6, 6.07) is 5.83. The highest BCUT2D eigenvalue weighted by atomic mass is 79.9. The molecule has 0 aliphatic carbocycles. The fraction of sp³-hybridized carbons (Fsp3) is 0.100. The number of carbonyl (C=O) groups excluding carboxylic acids is 1. The van der Waals surface area contributed by atoms with Crippen LogP contribution in [0.1, 0.15) is 15.2 Å². The molecule has 0 N–H and O–H groups in total. The van der Waals surface area contributed by atoms with E-state index in [1.165, 1.54) is 0 Å². The summed E-state index contributed by atoms with van der Waals surface area (Å²) in [5.41, 5.74) is 0.819. The van der Waals surface area contributed by atoms with Gasteiger partial charge in [-0.15, -0.1) is 11.3 Å². The molecule has 0 unspecified atom stereocenters. The minimum atomic E-state index is 0.195. The molecule has 0 amide bonds. The smallest absolute Gasteiger partial charge is 0.168 e. The number of ketones is 1. The van der Waals surface area contributed by atoms with Crippen LogP contribution in [0.5, 0.6) is 0 Å². The van der Waals surface area contributed by atoms with Crippen molar-refractivity contribution in [3.8, 4) is 0 Å². The van der Waals surface area contributed by atoms with E-state index in [0.29, 0.717) is 6.42 Å². The van der Waals surface area contributed by atoms with Crippen molar-refractivity contribution >= 4 is 44.4 Å². The number of halogens is 1. The van der Waals surface area contributed by atoms with Crippen molar-refractivity contribution in [2.24, 2.45) is 0 Å². The maximum atomic E-state index is 11.7. The molecule has 0 saturated carbocycles. The molecule has 4 heteroatoms. The van der Waals surface area contributed by atoms with Crippen LogP contribution in [-0.4, -0.2) is 5.78 Å². The summed E-state index contributed by atoms with van der Waals surface area (Å²) in [7, 11) is 0. The molecule has 14 heavy (non-hydrogen) atoms. The number of Topliss-reactive ketones (excluding diaryl/α,β-unsaturated/α-hetero) is 1. The van der Waals surface area contributed by atoms with Gasteiger partial charge >= 0.3 is 0 Å². The van der Waals surface area contributed by atoms with Crippen LogP contribution >= 0.6 is 38.6 Å². The quantitative estimate of drug-likeness (QED) is 0.780. The number of hydrogen-bond acceptors (Lipinski definition) is 3. The summed E-state index contributed by atoms with van der Waals surface area (Å²) in [6.07, 6.45) is 0.507. The molecular weight excluding hydrogens is 280 g/mol. The van der Waals surface area contributed by atoms with E-state index in [9.17, 15) is 4.79 Å². The monoisotopic (exact) mass is 286 g/mol. The summed E-state index contributed by atoms with van der Waals surface area (Å²) in [6.45, 7) is 0. The Balaban J connectivity index is 2.09. The predicted octanol–water partition coefficient (Wildman–Crippen LogP) is 4.00. The standard InChI is InChI=1S/C10H7BrOS2/c11-10-2-1-8(14-10)5-9(12)7-3-4-13-6-7/h1-4,6H,5H2. The molecule has 0 radical (unpaired) electrons. The number of thiophene rings is 2. The van der Waals surface area contributed by atoms with E-state index in [0.717, 1.165) is 14.2 Å². The maximum Gasteiger partial charge on any atom is 0.168 e. The van der Waals surface area contributed by atoms with E-state index in [1.54, 1.807) is 22.7 Å². The van der Waals surface area contributed by atoms with Crippen LogP contribution in [0.25, 0.3) is 0 Å². The number of carbonyl (C=O) groups is 1. The molecule has 0 aliphatic rings. The van der Waals surface area contributed by atoms with E-state index in [4.69, 9.17) is 0 Å². The van der Waals surface area contributed by atoms with Crippen molar-refractivity contribution in [3.05, 3.63) is 43.2 Å². The van der Waals surface area contributed by atoms with Crippen molar-refractivity contribution in [3.63, 3.8) is 0 Å². The molecule has 2 aromatic heterocycles. The topological polar surface area (TPSA) is 17.1 Å². The van der Waals surface area contributed by atoms with Gasteiger partial charge in [-0.3, -0.25) is 4.79 Å². The Labute approximate surface area is 98.5 Å². The highest BCUT2D eigenvalue weighted by Gasteiger charge is 2.08. The van der Waals surface area contributed by atoms with E-state index in [-0.39, 0.29) is 5.78 Å². The minimum absolute atomic E-state index is 0.195. The Hall–Kier alpha value is -0.450. The Morgan fingerprint density at radius 1 is 1.36 bits per heavy atom. The Kier molecular flexibility index (Phi) is 3.15. The van der Waals surface area contributed by atoms with Gasteiger partial charge in [0, 0.05) is 22.2 Å². The maximum absolute atomic E-state index is 11.7. The van der Waals surface area contributed by atoms with E-state index in [2.05, 4.69) is 15.9 Å². The van der Waals surface area contributed by atoms with Crippen LogP contribution in [0.4, 0.5) is 0 Å². The number of hydrogen-bond donors (Lipinski definition) is 0. The van der Waals surface area contributed by atoms with Crippen molar-refractivity contribution in [2.75, 3.05) is 0 Å². The van der Waals surface area contributed by atoms with Crippen molar-refractivity contribution in [1.82, 2.24) is 0 Å². The van der Waals surface area contributed by atoms with Crippen LogP contribution in [0.2, 0.25) is 0 Å². The van der Waals surface area contributed by atoms with E-state index in [1.807, 2.05) is 29.0 Å². The molecule has 2 heterocycles. The molecule has 0 aromatic carbocycles. The zero-order valence-electron chi connectivity index (χ0n) is 7.20. The fourth-order valence-electron chi connectivity index (χ4n) is 1.13. The Morgan fingerprint density at radius 2 is 2.21 bits per heavy atom. The van der Waals surface area contributed by atoms with Gasteiger partial charge in [-0.2, -0.15) is 11.3 Å². The Bertz CT molecular complexity index is 431. The Morgan fingerprint density at radius 3 is 2.79 bits per heavy atom. The van der Waals surface area contributed by atoms with Gasteiger partial charge < -0.3 is 0 Å². The van der Waals surface area contributed by atoms with Crippen LogP contribution in [0.15, 0.2) is 32.7 Å². The lowest BCUT2D eigenvalue weighted by atomic mass is 10.1. The first kappa shape index (κ1) is 10.1. The second-order valence-electron chi connectivity index (χ2n) is 2.82. The highest BCUT2D eigenvalue weighted by Crippen LogP contribution is 2.23. The lowest BCUT2D eigenvalue weighted by Crippen LogP contribution is -1.99. The molecule has 2 rings (SSSR count). The van der Waals surface area contributed by atoms with Gasteiger partial charge in [0.15, 0.2) is 5.78 Å². The molecule has 2 aromatic rings. The minimum Gasteiger partial charge on any atom is -0.294 e. The lowest BCUT2D eigenvalue weighted by molar-refractivity contribution is 0.0994. The largest absolute Gasteiger partial charge is 0.294 e. The van der Waals surface area contributed by atoms with Gasteiger partial charge in [0.2, 0.25) is 0 Å². The van der Waals surface area contributed by atoms with Crippen LogP contribution in [0, 0.1) is 0 Å². The molecule has 0 fully saturated rings. The molecule has 0 saturated heterocycles. The van der Waals surface area contributed by atoms with Crippen LogP contribution in [0.3, 0.4) is 0 Å². The third-order valence-electron chi connectivity index (χ3n) is 1.81. The molecule has 0 atom stereocenters. The molecule has 0 bridgehead atoms. The molecule has 1 nitrogen and oxygen atoms in total. The van der Waals surface area contributed by atoms with E-state index >= 15 is 0 Å². The molecular formula is C10H7BrOS2. The predicted molar refractivity (Wildman–Crippen MR) is 64.4 cm³/mol. The van der Waals surface area contributed by atoms with Crippen molar-refractivity contribution in [1.29, 1.82) is 0 Å². The van der Waals surface area contributed by atoms with Gasteiger partial charge in [0.25, 0.3) is 0 Å². The fourth-order valence-corrected chi connectivity index (χ4v) is 3.27. The average Bonchev–Trinajstić information content (AvgIpc) is 2.75. The van der Waals surface area contributed by atoms with E-state index < -0.39 is 0 Å². The van der Waals surface area contributed by atoms with Gasteiger partial charge in [0.1, 0.15) is 0 Å². The summed E-state index contributed by atoms with van der Waals surface area (Å²) in [4.78, 5) is 12.8. The summed E-state index contributed by atoms with van der Waals surface area (Å²) in [5, 5.41) is 3.82. The third-order valence-corrected chi connectivity index (χ3v) is 4.11. The van der Waals surface area contributed by atoms with Gasteiger partial charge in [-0.1, -0.05) is 0 Å². The van der Waals surface area contributed by atoms with Crippen molar-refractivity contribution in [2.45, 2.75) is 6.42 Å². The first-order valence-corrected chi connectivity index (χ1v) is 6.60. The highest BCUT2D eigenvalue weighted by molar-refractivity contribution is 9.11. The molecule has 0 spiro atoms. The second kappa shape index (κ2) is 4.38.